The molecule has 0 spiro atoms. The number of esters is 2. The lowest BCUT2D eigenvalue weighted by molar-refractivity contribution is -0.173. The molecule has 1 saturated carbocycles. The minimum absolute atomic E-state index is 0.00543. The number of allylic oxidation sites excluding steroid dienone is 1. The minimum atomic E-state index is -0.856. The van der Waals surface area contributed by atoms with Crippen molar-refractivity contribution in [2.24, 2.45) is 17.3 Å². The largest absolute Gasteiger partial charge is 0.458 e. The maximum absolute atomic E-state index is 12.5. The van der Waals surface area contributed by atoms with E-state index in [2.05, 4.69) is 6.58 Å². The monoisotopic (exact) mass is 304 g/mol. The van der Waals surface area contributed by atoms with E-state index in [1.807, 2.05) is 13.8 Å². The van der Waals surface area contributed by atoms with Crippen molar-refractivity contribution in [3.8, 4) is 0 Å². The van der Waals surface area contributed by atoms with Gasteiger partial charge in [-0.2, -0.15) is 0 Å². The number of ether oxygens (including phenoxy) is 2. The predicted molar refractivity (Wildman–Crippen MR) is 77.7 cm³/mol. The molecule has 118 valence electrons. The van der Waals surface area contributed by atoms with E-state index in [0.717, 1.165) is 0 Å². The normalized spacial score (nSPS) is 43.4. The molecule has 0 radical (unpaired) electrons. The van der Waals surface area contributed by atoms with Gasteiger partial charge in [0.25, 0.3) is 0 Å². The maximum Gasteiger partial charge on any atom is 0.334 e. The molecule has 2 fully saturated rings. The number of fused-ring (bicyclic) bond motifs is 2. The summed E-state index contributed by atoms with van der Waals surface area (Å²) in [6.07, 6.45) is 3.84. The lowest BCUT2D eigenvalue weighted by atomic mass is 9.54. The molecule has 0 aromatic rings. The van der Waals surface area contributed by atoms with Crippen LogP contribution in [-0.2, 0) is 23.9 Å². The number of hydrogen-bond acceptors (Lipinski definition) is 5. The van der Waals surface area contributed by atoms with E-state index in [0.29, 0.717) is 18.4 Å². The quantitative estimate of drug-likeness (QED) is 0.547. The Morgan fingerprint density at radius 1 is 1.41 bits per heavy atom. The van der Waals surface area contributed by atoms with Crippen LogP contribution in [0.25, 0.3) is 0 Å². The molecular weight excluding hydrogens is 284 g/mol. The van der Waals surface area contributed by atoms with Gasteiger partial charge in [0, 0.05) is 29.7 Å². The van der Waals surface area contributed by atoms with Gasteiger partial charge in [-0.1, -0.05) is 13.5 Å². The number of carbonyl (C=O) groups excluding carboxylic acids is 3. The second-order valence-electron chi connectivity index (χ2n) is 6.96. The number of ketones is 1. The fraction of sp³-hybridized carbons (Fsp3) is 0.588. The molecular formula is C17H20O5. The zero-order valence-electron chi connectivity index (χ0n) is 13.0. The molecule has 2 aliphatic carbocycles. The first-order chi connectivity index (χ1) is 10.2. The van der Waals surface area contributed by atoms with Crippen LogP contribution in [0.3, 0.4) is 0 Å². The molecule has 5 heteroatoms. The Hall–Kier alpha value is -1.91. The average Bonchev–Trinajstić information content (AvgIpc) is 2.67. The fourth-order valence-corrected chi connectivity index (χ4v) is 4.32. The molecule has 0 bridgehead atoms. The molecule has 5 nitrogen and oxygen atoms in total. The summed E-state index contributed by atoms with van der Waals surface area (Å²) in [5, 5.41) is 0. The van der Waals surface area contributed by atoms with Crippen LogP contribution in [-0.4, -0.2) is 29.4 Å². The summed E-state index contributed by atoms with van der Waals surface area (Å²) >= 11 is 0. The first-order valence-corrected chi connectivity index (χ1v) is 7.50. The van der Waals surface area contributed by atoms with Crippen LogP contribution in [0, 0.1) is 17.3 Å². The van der Waals surface area contributed by atoms with Crippen molar-refractivity contribution in [3.05, 3.63) is 24.3 Å². The van der Waals surface area contributed by atoms with Gasteiger partial charge in [0.1, 0.15) is 11.7 Å². The van der Waals surface area contributed by atoms with Gasteiger partial charge < -0.3 is 9.47 Å². The van der Waals surface area contributed by atoms with Gasteiger partial charge in [0.2, 0.25) is 0 Å². The molecule has 0 unspecified atom stereocenters. The van der Waals surface area contributed by atoms with Crippen molar-refractivity contribution in [3.63, 3.8) is 0 Å². The predicted octanol–water partition coefficient (Wildman–Crippen LogP) is 1.96. The van der Waals surface area contributed by atoms with Gasteiger partial charge in [-0.05, 0) is 31.9 Å². The molecule has 0 aromatic carbocycles. The van der Waals surface area contributed by atoms with E-state index in [1.165, 1.54) is 13.0 Å². The first kappa shape index (κ1) is 15.0. The topological polar surface area (TPSA) is 69.7 Å². The Kier molecular flexibility index (Phi) is 3.10. The average molecular weight is 304 g/mol. The van der Waals surface area contributed by atoms with Crippen LogP contribution < -0.4 is 0 Å². The van der Waals surface area contributed by atoms with Crippen LogP contribution in [0.4, 0.5) is 0 Å². The third-order valence-corrected chi connectivity index (χ3v) is 5.48. The second kappa shape index (κ2) is 4.54. The van der Waals surface area contributed by atoms with Crippen molar-refractivity contribution in [2.45, 2.75) is 45.3 Å². The van der Waals surface area contributed by atoms with Crippen molar-refractivity contribution >= 4 is 17.7 Å². The summed E-state index contributed by atoms with van der Waals surface area (Å²) in [6, 6.07) is 0. The first-order valence-electron chi connectivity index (χ1n) is 7.50. The van der Waals surface area contributed by atoms with Crippen molar-refractivity contribution in [1.29, 1.82) is 0 Å². The maximum atomic E-state index is 12.5. The fourth-order valence-electron chi connectivity index (χ4n) is 4.32. The zero-order valence-corrected chi connectivity index (χ0v) is 13.0. The van der Waals surface area contributed by atoms with Gasteiger partial charge >= 0.3 is 11.9 Å². The Balaban J connectivity index is 2.02. The molecule has 1 aliphatic heterocycles. The smallest absolute Gasteiger partial charge is 0.334 e. The highest BCUT2D eigenvalue weighted by molar-refractivity contribution is 5.97. The van der Waals surface area contributed by atoms with Gasteiger partial charge in [-0.3, -0.25) is 9.59 Å². The van der Waals surface area contributed by atoms with Crippen LogP contribution in [0.5, 0.6) is 0 Å². The Labute approximate surface area is 129 Å². The molecule has 1 saturated heterocycles. The van der Waals surface area contributed by atoms with E-state index in [9.17, 15) is 14.4 Å². The van der Waals surface area contributed by atoms with E-state index in [-0.39, 0.29) is 35.7 Å². The summed E-state index contributed by atoms with van der Waals surface area (Å²) in [5.41, 5.74) is -1.10. The Morgan fingerprint density at radius 3 is 2.73 bits per heavy atom. The highest BCUT2D eigenvalue weighted by Crippen LogP contribution is 2.56. The molecule has 1 heterocycles. The second-order valence-corrected chi connectivity index (χ2v) is 6.96. The van der Waals surface area contributed by atoms with E-state index in [1.54, 1.807) is 6.08 Å². The van der Waals surface area contributed by atoms with Crippen molar-refractivity contribution in [1.82, 2.24) is 0 Å². The minimum Gasteiger partial charge on any atom is -0.458 e. The Morgan fingerprint density at radius 2 is 2.09 bits per heavy atom. The van der Waals surface area contributed by atoms with Gasteiger partial charge in [-0.25, -0.2) is 4.79 Å². The third-order valence-electron chi connectivity index (χ3n) is 5.48. The Bertz CT molecular complexity index is 619. The van der Waals surface area contributed by atoms with E-state index >= 15 is 0 Å². The molecule has 3 rings (SSSR count). The van der Waals surface area contributed by atoms with Gasteiger partial charge in [0.05, 0.1) is 0 Å². The molecule has 3 aliphatic rings. The van der Waals surface area contributed by atoms with Crippen LogP contribution >= 0.6 is 0 Å². The van der Waals surface area contributed by atoms with Crippen molar-refractivity contribution < 1.29 is 23.9 Å². The number of carbonyl (C=O) groups is 3. The summed E-state index contributed by atoms with van der Waals surface area (Å²) in [7, 11) is 0. The lowest BCUT2D eigenvalue weighted by Gasteiger charge is -2.52. The highest BCUT2D eigenvalue weighted by atomic mass is 16.6. The molecule has 0 amide bonds. The number of rotatable bonds is 1. The summed E-state index contributed by atoms with van der Waals surface area (Å²) in [6.45, 7) is 8.87. The zero-order chi connectivity index (χ0) is 16.3. The van der Waals surface area contributed by atoms with Crippen LogP contribution in [0.1, 0.15) is 33.6 Å². The van der Waals surface area contributed by atoms with Gasteiger partial charge in [-0.15, -0.1) is 0 Å². The van der Waals surface area contributed by atoms with Gasteiger partial charge in [0.15, 0.2) is 5.78 Å². The molecule has 22 heavy (non-hydrogen) atoms. The SMILES string of the molecule is C=C1C(=O)O[C@@H]2C[C@@]3(C)C(=O)C=C[C@@](C)(OC(C)=O)[C@@H]3C[C@H]12. The molecule has 0 aromatic heterocycles. The van der Waals surface area contributed by atoms with Crippen LogP contribution in [0.15, 0.2) is 24.3 Å². The van der Waals surface area contributed by atoms with E-state index < -0.39 is 11.0 Å². The summed E-state index contributed by atoms with van der Waals surface area (Å²) < 4.78 is 10.9. The molecule has 0 N–H and O–H groups in total. The molecule has 5 atom stereocenters. The third kappa shape index (κ3) is 1.95. The standard InChI is InChI=1S/C17H20O5/c1-9-11-7-13-16(3,8-12(11)21-15(9)20)14(19)5-6-17(13,4)22-10(2)18/h5-6,11-13H,1,7-8H2,2-4H3/t11-,12-,13-,16-,17-/m1/s1. The summed E-state index contributed by atoms with van der Waals surface area (Å²) in [4.78, 5) is 35.7. The highest BCUT2D eigenvalue weighted by Gasteiger charge is 2.60. The summed E-state index contributed by atoms with van der Waals surface area (Å²) in [5.74, 6) is -1.09. The number of hydrogen-bond donors (Lipinski definition) is 0. The van der Waals surface area contributed by atoms with Crippen molar-refractivity contribution in [2.75, 3.05) is 0 Å². The lowest BCUT2D eigenvalue weighted by Crippen LogP contribution is -2.57. The van der Waals surface area contributed by atoms with Crippen LogP contribution in [0.2, 0.25) is 0 Å². The van der Waals surface area contributed by atoms with E-state index in [4.69, 9.17) is 9.47 Å².